The fraction of sp³-hybridized carbons (Fsp3) is 0.450. The molecule has 0 spiro atoms. The molecule has 150 valence electrons. The molecule has 7 nitrogen and oxygen atoms in total. The molecule has 1 aromatic carbocycles. The van der Waals surface area contributed by atoms with Crippen molar-refractivity contribution in [2.75, 3.05) is 25.0 Å². The Morgan fingerprint density at radius 2 is 1.96 bits per heavy atom. The van der Waals surface area contributed by atoms with Crippen molar-refractivity contribution in [1.82, 2.24) is 25.4 Å². The second-order valence-electron chi connectivity index (χ2n) is 7.05. The lowest BCUT2D eigenvalue weighted by atomic mass is 10.1. The number of guanidine groups is 1. The second kappa shape index (κ2) is 9.40. The van der Waals surface area contributed by atoms with Gasteiger partial charge in [-0.25, -0.2) is 9.67 Å². The van der Waals surface area contributed by atoms with Crippen molar-refractivity contribution in [3.63, 3.8) is 0 Å². The Hall–Kier alpha value is -2.10. The lowest BCUT2D eigenvalue weighted by Gasteiger charge is -2.25. The van der Waals surface area contributed by atoms with Crippen LogP contribution in [0.5, 0.6) is 0 Å². The molecule has 2 aromatic rings. The predicted molar refractivity (Wildman–Crippen MR) is 123 cm³/mol. The minimum Gasteiger partial charge on any atom is -0.364 e. The minimum atomic E-state index is 0. The average molecular weight is 493 g/mol. The van der Waals surface area contributed by atoms with Gasteiger partial charge in [-0.3, -0.25) is 4.99 Å². The van der Waals surface area contributed by atoms with E-state index in [-0.39, 0.29) is 30.0 Å². The van der Waals surface area contributed by atoms with Crippen molar-refractivity contribution in [3.05, 3.63) is 53.6 Å². The number of fused-ring (bicyclic) bond motifs is 1. The average Bonchev–Trinajstić information content (AvgIpc) is 3.35. The van der Waals surface area contributed by atoms with Gasteiger partial charge >= 0.3 is 0 Å². The normalized spacial score (nSPS) is 18.6. The molecular weight excluding hydrogens is 465 g/mol. The van der Waals surface area contributed by atoms with Gasteiger partial charge in [-0.15, -0.1) is 24.0 Å². The number of nitrogens with zero attached hydrogens (tertiary/aromatic N) is 5. The van der Waals surface area contributed by atoms with Crippen molar-refractivity contribution in [2.24, 2.45) is 4.99 Å². The number of hydrogen-bond donors (Lipinski definition) is 2. The molecule has 4 rings (SSSR count). The first kappa shape index (κ1) is 20.6. The number of aryl methyl sites for hydroxylation is 2. The third kappa shape index (κ3) is 4.65. The van der Waals surface area contributed by atoms with Crippen molar-refractivity contribution in [3.8, 4) is 0 Å². The number of nitrogens with one attached hydrogen (secondary N) is 2. The zero-order valence-electron chi connectivity index (χ0n) is 16.4. The first-order valence-electron chi connectivity index (χ1n) is 9.60. The van der Waals surface area contributed by atoms with Gasteiger partial charge in [0.05, 0.1) is 6.04 Å². The lowest BCUT2D eigenvalue weighted by molar-refractivity contribution is 0.397. The molecule has 8 heteroatoms. The zero-order valence-corrected chi connectivity index (χ0v) is 18.8. The molecule has 0 saturated heterocycles. The second-order valence-corrected chi connectivity index (χ2v) is 7.05. The van der Waals surface area contributed by atoms with Gasteiger partial charge < -0.3 is 15.5 Å². The Labute approximate surface area is 183 Å². The first-order valence-corrected chi connectivity index (χ1v) is 9.60. The highest BCUT2D eigenvalue weighted by Crippen LogP contribution is 2.23. The summed E-state index contributed by atoms with van der Waals surface area (Å²) in [6.07, 6.45) is 6.55. The Morgan fingerprint density at radius 3 is 2.68 bits per heavy atom. The Kier molecular flexibility index (Phi) is 6.93. The van der Waals surface area contributed by atoms with Crippen LogP contribution in [0.3, 0.4) is 0 Å². The van der Waals surface area contributed by atoms with E-state index in [1.807, 2.05) is 11.6 Å². The molecule has 28 heavy (non-hydrogen) atoms. The maximum absolute atomic E-state index is 4.58. The molecule has 1 atom stereocenters. The highest BCUT2D eigenvalue weighted by Gasteiger charge is 2.24. The van der Waals surface area contributed by atoms with Crippen LogP contribution in [0, 0.1) is 6.92 Å². The van der Waals surface area contributed by atoms with Crippen LogP contribution in [0.15, 0.2) is 41.4 Å². The van der Waals surface area contributed by atoms with Crippen molar-refractivity contribution in [1.29, 1.82) is 0 Å². The molecule has 0 radical (unpaired) electrons. The maximum atomic E-state index is 4.58. The molecule has 2 N–H and O–H groups in total. The van der Waals surface area contributed by atoms with E-state index >= 15 is 0 Å². The molecule has 2 aliphatic heterocycles. The number of rotatable bonds is 4. The highest BCUT2D eigenvalue weighted by molar-refractivity contribution is 14.0. The number of aliphatic imine (C=N–C) groups is 1. The van der Waals surface area contributed by atoms with Crippen molar-refractivity contribution in [2.45, 2.75) is 38.9 Å². The van der Waals surface area contributed by atoms with Crippen LogP contribution in [0.1, 0.15) is 36.1 Å². The van der Waals surface area contributed by atoms with E-state index in [9.17, 15) is 0 Å². The van der Waals surface area contributed by atoms with Gasteiger partial charge in [0.25, 0.3) is 0 Å². The van der Waals surface area contributed by atoms with E-state index in [2.05, 4.69) is 67.0 Å². The van der Waals surface area contributed by atoms with Gasteiger partial charge in [0.2, 0.25) is 0 Å². The molecule has 0 aliphatic carbocycles. The number of aromatic nitrogens is 3. The quantitative estimate of drug-likeness (QED) is 0.297. The monoisotopic (exact) mass is 493 g/mol. The third-order valence-electron chi connectivity index (χ3n) is 5.09. The molecule has 0 amide bonds. The number of anilines is 1. The summed E-state index contributed by atoms with van der Waals surface area (Å²) in [4.78, 5) is 11.3. The molecule has 0 bridgehead atoms. The largest absolute Gasteiger partial charge is 0.364 e. The molecular formula is C20H28IN7. The van der Waals surface area contributed by atoms with Gasteiger partial charge in [-0.05, 0) is 37.5 Å². The van der Waals surface area contributed by atoms with Crippen LogP contribution in [-0.4, -0.2) is 40.9 Å². The van der Waals surface area contributed by atoms with E-state index in [0.29, 0.717) is 0 Å². The summed E-state index contributed by atoms with van der Waals surface area (Å²) in [7, 11) is 1.80. The smallest absolute Gasteiger partial charge is 0.191 e. The molecule has 0 fully saturated rings. The highest BCUT2D eigenvalue weighted by atomic mass is 127. The lowest BCUT2D eigenvalue weighted by Crippen LogP contribution is -2.41. The summed E-state index contributed by atoms with van der Waals surface area (Å²) in [5.41, 5.74) is 2.50. The Bertz CT molecular complexity index is 833. The van der Waals surface area contributed by atoms with Gasteiger partial charge in [0.15, 0.2) is 5.96 Å². The molecule has 1 aromatic heterocycles. The molecule has 0 saturated carbocycles. The van der Waals surface area contributed by atoms with Crippen LogP contribution in [-0.2, 0) is 13.1 Å². The third-order valence-corrected chi connectivity index (χ3v) is 5.09. The summed E-state index contributed by atoms with van der Waals surface area (Å²) in [5.74, 6) is 2.63. The summed E-state index contributed by atoms with van der Waals surface area (Å²) in [6.45, 7) is 5.62. The molecule has 1 unspecified atom stereocenters. The standard InChI is InChI=1S/C20H27N7.HI/c1-15-23-19-18(6-5-13-27(19)25-15)24-20(21-2)22-14-16-7-9-17(10-8-16)26-11-3-4-12-26;/h3-4,7-10,18H,5-6,11-14H2,1-2H3,(H2,21,22,24);1H. The zero-order chi connectivity index (χ0) is 18.6. The number of hydrogen-bond acceptors (Lipinski definition) is 4. The SMILES string of the molecule is CN=C(NCc1ccc(N2CC=CC2)cc1)NC1CCCn2nc(C)nc21.I. The number of benzene rings is 1. The van der Waals surface area contributed by atoms with Crippen molar-refractivity contribution < 1.29 is 0 Å². The van der Waals surface area contributed by atoms with Crippen molar-refractivity contribution >= 4 is 35.6 Å². The summed E-state index contributed by atoms with van der Waals surface area (Å²) in [5, 5.41) is 11.4. The summed E-state index contributed by atoms with van der Waals surface area (Å²) in [6, 6.07) is 8.87. The van der Waals surface area contributed by atoms with E-state index in [1.54, 1.807) is 7.05 Å². The summed E-state index contributed by atoms with van der Waals surface area (Å²) < 4.78 is 2.01. The first-order chi connectivity index (χ1) is 13.2. The van der Waals surface area contributed by atoms with E-state index < -0.39 is 0 Å². The predicted octanol–water partition coefficient (Wildman–Crippen LogP) is 2.78. The van der Waals surface area contributed by atoms with Gasteiger partial charge in [-0.2, -0.15) is 5.10 Å². The van der Waals surface area contributed by atoms with E-state index in [0.717, 1.165) is 56.6 Å². The van der Waals surface area contributed by atoms with Crippen LogP contribution in [0.25, 0.3) is 0 Å². The maximum Gasteiger partial charge on any atom is 0.191 e. The molecule has 3 heterocycles. The Balaban J connectivity index is 0.00000225. The Morgan fingerprint density at radius 1 is 1.21 bits per heavy atom. The molecule has 2 aliphatic rings. The minimum absolute atomic E-state index is 0. The van der Waals surface area contributed by atoms with Gasteiger partial charge in [0, 0.05) is 38.9 Å². The fourth-order valence-corrected chi connectivity index (χ4v) is 3.66. The van der Waals surface area contributed by atoms with E-state index in [1.165, 1.54) is 11.3 Å². The van der Waals surface area contributed by atoms with Gasteiger partial charge in [-0.1, -0.05) is 24.3 Å². The van der Waals surface area contributed by atoms with Crippen LogP contribution in [0.4, 0.5) is 5.69 Å². The summed E-state index contributed by atoms with van der Waals surface area (Å²) >= 11 is 0. The van der Waals surface area contributed by atoms with E-state index in [4.69, 9.17) is 0 Å². The van der Waals surface area contributed by atoms with Crippen LogP contribution < -0.4 is 15.5 Å². The van der Waals surface area contributed by atoms with Gasteiger partial charge in [0.1, 0.15) is 11.6 Å². The topological polar surface area (TPSA) is 70.4 Å². The van der Waals surface area contributed by atoms with Crippen LogP contribution >= 0.6 is 24.0 Å². The number of halogens is 1. The van der Waals surface area contributed by atoms with Crippen LogP contribution in [0.2, 0.25) is 0 Å². The fourth-order valence-electron chi connectivity index (χ4n) is 3.66.